The standard InChI is InChI=1S/C16H24N2O2/c1-16(2,3)13-7-5-12(6-8-13)14(17-4)11-18-9-10-20-15(18)19/h5-8,14,17H,9-11H2,1-4H3. The number of benzene rings is 1. The largest absolute Gasteiger partial charge is 0.448 e. The fourth-order valence-corrected chi connectivity index (χ4v) is 2.39. The Morgan fingerprint density at radius 3 is 2.40 bits per heavy atom. The van der Waals surface area contributed by atoms with Crippen LogP contribution in [0.1, 0.15) is 37.9 Å². The molecular formula is C16H24N2O2. The van der Waals surface area contributed by atoms with Crippen LogP contribution in [0.5, 0.6) is 0 Å². The molecule has 1 heterocycles. The highest BCUT2D eigenvalue weighted by atomic mass is 16.6. The molecule has 0 saturated carbocycles. The molecule has 1 N–H and O–H groups in total. The number of likely N-dealkylation sites (N-methyl/N-ethyl adjacent to an activating group) is 1. The van der Waals surface area contributed by atoms with Crippen molar-refractivity contribution in [2.45, 2.75) is 32.2 Å². The maximum absolute atomic E-state index is 11.5. The SMILES string of the molecule is CNC(CN1CCOC1=O)c1ccc(C(C)(C)C)cc1. The van der Waals surface area contributed by atoms with Gasteiger partial charge in [-0.25, -0.2) is 4.79 Å². The van der Waals surface area contributed by atoms with Crippen molar-refractivity contribution in [1.82, 2.24) is 10.2 Å². The van der Waals surface area contributed by atoms with Crippen molar-refractivity contribution in [3.8, 4) is 0 Å². The molecular weight excluding hydrogens is 252 g/mol. The first-order chi connectivity index (χ1) is 9.41. The zero-order valence-corrected chi connectivity index (χ0v) is 12.8. The predicted molar refractivity (Wildman–Crippen MR) is 79.9 cm³/mol. The smallest absolute Gasteiger partial charge is 0.410 e. The van der Waals surface area contributed by atoms with E-state index in [1.807, 2.05) is 7.05 Å². The van der Waals surface area contributed by atoms with E-state index in [9.17, 15) is 4.79 Å². The first-order valence-corrected chi connectivity index (χ1v) is 7.11. The molecule has 1 aliphatic heterocycles. The van der Waals surface area contributed by atoms with E-state index in [2.05, 4.69) is 50.4 Å². The minimum Gasteiger partial charge on any atom is -0.448 e. The Kier molecular flexibility index (Phi) is 4.33. The van der Waals surface area contributed by atoms with Gasteiger partial charge in [0, 0.05) is 12.6 Å². The lowest BCUT2D eigenvalue weighted by molar-refractivity contribution is 0.156. The molecule has 1 aliphatic rings. The Morgan fingerprint density at radius 2 is 1.95 bits per heavy atom. The maximum atomic E-state index is 11.5. The number of cyclic esters (lactones) is 1. The Bertz CT molecular complexity index is 462. The number of amides is 1. The maximum Gasteiger partial charge on any atom is 0.410 e. The van der Waals surface area contributed by atoms with E-state index in [-0.39, 0.29) is 17.6 Å². The monoisotopic (exact) mass is 276 g/mol. The zero-order chi connectivity index (χ0) is 14.8. The van der Waals surface area contributed by atoms with E-state index in [0.29, 0.717) is 19.7 Å². The molecule has 1 amide bonds. The van der Waals surface area contributed by atoms with Gasteiger partial charge in [0.25, 0.3) is 0 Å². The normalized spacial score (nSPS) is 17.2. The molecule has 2 rings (SSSR count). The lowest BCUT2D eigenvalue weighted by Crippen LogP contribution is -2.34. The molecule has 1 unspecified atom stereocenters. The molecule has 0 radical (unpaired) electrons. The van der Waals surface area contributed by atoms with Crippen LogP contribution in [-0.4, -0.2) is 37.7 Å². The van der Waals surface area contributed by atoms with Crippen LogP contribution in [-0.2, 0) is 10.2 Å². The number of hydrogen-bond donors (Lipinski definition) is 1. The second-order valence-electron chi connectivity index (χ2n) is 6.27. The third kappa shape index (κ3) is 3.31. The molecule has 0 aliphatic carbocycles. The van der Waals surface area contributed by atoms with Gasteiger partial charge in [-0.3, -0.25) is 0 Å². The summed E-state index contributed by atoms with van der Waals surface area (Å²) in [5.41, 5.74) is 2.67. The Hall–Kier alpha value is -1.55. The third-order valence-corrected chi connectivity index (χ3v) is 3.78. The van der Waals surface area contributed by atoms with Crippen molar-refractivity contribution in [3.05, 3.63) is 35.4 Å². The summed E-state index contributed by atoms with van der Waals surface area (Å²) in [6, 6.07) is 8.76. The van der Waals surface area contributed by atoms with Crippen molar-refractivity contribution in [2.75, 3.05) is 26.7 Å². The summed E-state index contributed by atoms with van der Waals surface area (Å²) in [4.78, 5) is 13.3. The van der Waals surface area contributed by atoms with Gasteiger partial charge in [0.1, 0.15) is 6.61 Å². The fourth-order valence-electron chi connectivity index (χ4n) is 2.39. The number of nitrogens with one attached hydrogen (secondary N) is 1. The summed E-state index contributed by atoms with van der Waals surface area (Å²) in [6.07, 6.45) is -0.212. The summed E-state index contributed by atoms with van der Waals surface area (Å²) in [5, 5.41) is 3.27. The van der Waals surface area contributed by atoms with E-state index in [0.717, 1.165) is 0 Å². The van der Waals surface area contributed by atoms with Crippen molar-refractivity contribution < 1.29 is 9.53 Å². The van der Waals surface area contributed by atoms with Gasteiger partial charge in [0.2, 0.25) is 0 Å². The molecule has 1 aromatic rings. The van der Waals surface area contributed by atoms with Gasteiger partial charge >= 0.3 is 6.09 Å². The Balaban J connectivity index is 2.09. The summed E-state index contributed by atoms with van der Waals surface area (Å²) in [5.74, 6) is 0. The summed E-state index contributed by atoms with van der Waals surface area (Å²) < 4.78 is 4.97. The van der Waals surface area contributed by atoms with E-state index < -0.39 is 0 Å². The molecule has 1 saturated heterocycles. The highest BCUT2D eigenvalue weighted by molar-refractivity contribution is 5.69. The molecule has 4 heteroatoms. The number of rotatable bonds is 4. The predicted octanol–water partition coefficient (Wildman–Crippen LogP) is 2.70. The lowest BCUT2D eigenvalue weighted by Gasteiger charge is -2.24. The van der Waals surface area contributed by atoms with Crippen molar-refractivity contribution in [3.63, 3.8) is 0 Å². The van der Waals surface area contributed by atoms with Gasteiger partial charge in [0.05, 0.1) is 6.54 Å². The number of hydrogen-bond acceptors (Lipinski definition) is 3. The average Bonchev–Trinajstić information content (AvgIpc) is 2.80. The van der Waals surface area contributed by atoms with Crippen LogP contribution in [0.4, 0.5) is 4.79 Å². The fraction of sp³-hybridized carbons (Fsp3) is 0.562. The number of nitrogens with zero attached hydrogens (tertiary/aromatic N) is 1. The molecule has 20 heavy (non-hydrogen) atoms. The van der Waals surface area contributed by atoms with Gasteiger partial charge in [-0.05, 0) is 23.6 Å². The second-order valence-corrected chi connectivity index (χ2v) is 6.27. The minimum atomic E-state index is -0.212. The van der Waals surface area contributed by atoms with Gasteiger partial charge in [-0.2, -0.15) is 0 Å². The Morgan fingerprint density at radius 1 is 1.30 bits per heavy atom. The lowest BCUT2D eigenvalue weighted by atomic mass is 9.86. The first kappa shape index (κ1) is 14.9. The van der Waals surface area contributed by atoms with Crippen LogP contribution >= 0.6 is 0 Å². The third-order valence-electron chi connectivity index (χ3n) is 3.78. The van der Waals surface area contributed by atoms with Crippen LogP contribution in [0.2, 0.25) is 0 Å². The molecule has 0 bridgehead atoms. The molecule has 0 spiro atoms. The first-order valence-electron chi connectivity index (χ1n) is 7.11. The van der Waals surface area contributed by atoms with Crippen LogP contribution in [0.25, 0.3) is 0 Å². The summed E-state index contributed by atoms with van der Waals surface area (Å²) >= 11 is 0. The number of ether oxygens (including phenoxy) is 1. The van der Waals surface area contributed by atoms with Gasteiger partial charge in [0.15, 0.2) is 0 Å². The van der Waals surface area contributed by atoms with Gasteiger partial charge in [-0.1, -0.05) is 45.0 Å². The van der Waals surface area contributed by atoms with Crippen LogP contribution in [0.3, 0.4) is 0 Å². The quantitative estimate of drug-likeness (QED) is 0.919. The van der Waals surface area contributed by atoms with E-state index in [1.54, 1.807) is 4.90 Å². The van der Waals surface area contributed by atoms with E-state index in [4.69, 9.17) is 4.74 Å². The van der Waals surface area contributed by atoms with E-state index in [1.165, 1.54) is 11.1 Å². The van der Waals surface area contributed by atoms with Crippen LogP contribution in [0, 0.1) is 0 Å². The number of carbonyl (C=O) groups is 1. The molecule has 1 fully saturated rings. The highest BCUT2D eigenvalue weighted by Crippen LogP contribution is 2.24. The molecule has 1 aromatic carbocycles. The van der Waals surface area contributed by atoms with Crippen molar-refractivity contribution in [2.24, 2.45) is 0 Å². The summed E-state index contributed by atoms with van der Waals surface area (Å²) in [7, 11) is 1.92. The topological polar surface area (TPSA) is 41.6 Å². The van der Waals surface area contributed by atoms with Crippen molar-refractivity contribution in [1.29, 1.82) is 0 Å². The van der Waals surface area contributed by atoms with Gasteiger partial charge < -0.3 is 15.0 Å². The average molecular weight is 276 g/mol. The second kappa shape index (κ2) is 5.83. The molecule has 0 aromatic heterocycles. The molecule has 110 valence electrons. The number of carbonyl (C=O) groups excluding carboxylic acids is 1. The van der Waals surface area contributed by atoms with Gasteiger partial charge in [-0.15, -0.1) is 0 Å². The van der Waals surface area contributed by atoms with Crippen LogP contribution < -0.4 is 5.32 Å². The van der Waals surface area contributed by atoms with Crippen LogP contribution in [0.15, 0.2) is 24.3 Å². The van der Waals surface area contributed by atoms with E-state index >= 15 is 0 Å². The zero-order valence-electron chi connectivity index (χ0n) is 12.8. The molecule has 1 atom stereocenters. The Labute approximate surface area is 121 Å². The summed E-state index contributed by atoms with van der Waals surface area (Å²) in [6.45, 7) is 8.44. The highest BCUT2D eigenvalue weighted by Gasteiger charge is 2.25. The minimum absolute atomic E-state index is 0.134. The van der Waals surface area contributed by atoms with Crippen molar-refractivity contribution >= 4 is 6.09 Å². The molecule has 4 nitrogen and oxygen atoms in total.